The van der Waals surface area contributed by atoms with Crippen LogP contribution in [0.3, 0.4) is 0 Å². The van der Waals surface area contributed by atoms with Crippen molar-refractivity contribution in [1.82, 2.24) is 4.98 Å². The van der Waals surface area contributed by atoms with Crippen LogP contribution in [0.2, 0.25) is 0 Å². The fourth-order valence-corrected chi connectivity index (χ4v) is 14.8. The number of benzene rings is 2. The van der Waals surface area contributed by atoms with Crippen LogP contribution in [0.4, 0.5) is 0 Å². The Balaban J connectivity index is 2.36. The Bertz CT molecular complexity index is 1890. The molecular weight excluding hydrogens is 999 g/mol. The van der Waals surface area contributed by atoms with Crippen LogP contribution in [0.15, 0.2) is 6.07 Å². The number of nitrogens with one attached hydrogen (secondary N) is 1. The van der Waals surface area contributed by atoms with Crippen LogP contribution in [0, 0.1) is 0 Å². The van der Waals surface area contributed by atoms with E-state index in [-0.39, 0.29) is 0 Å². The molecule has 83 heavy (non-hydrogen) atoms. The number of rotatable bonds is 63. The standard InChI is InChI=1S/C82H149N/c1-8-15-22-29-36-43-50-57-64-72-71-79-80(76(68-61-54-47-40-33-26-19-12-5)73(72)65-58-51-44-37-30-23-16-9-2)81-77(69-62-55-48-41-34-27-20-13-6)74(66-59-52-45-38-31-24-17-10-3)75(67-60-53-46-39-32-25-18-11-4)78(82(81)83-79)70-63-56-49-42-35-28-21-14-7/h71,83H,8-70H2,1-7H3. The highest BCUT2D eigenvalue weighted by Crippen LogP contribution is 2.43. The maximum absolute atomic E-state index is 4.56. The number of fused-ring (bicyclic) bond motifs is 3. The second-order valence-corrected chi connectivity index (χ2v) is 27.8. The summed E-state index contributed by atoms with van der Waals surface area (Å²) in [6.07, 6.45) is 87.9. The predicted octanol–water partition coefficient (Wildman–Crippen LogP) is 29.1. The number of H-pyrrole nitrogens is 1. The van der Waals surface area contributed by atoms with E-state index in [1.807, 2.05) is 27.8 Å². The third-order valence-electron chi connectivity index (χ3n) is 20.1. The van der Waals surface area contributed by atoms with Crippen molar-refractivity contribution in [2.45, 2.75) is 453 Å². The van der Waals surface area contributed by atoms with Crippen LogP contribution in [0.25, 0.3) is 21.8 Å². The molecule has 0 saturated heterocycles. The van der Waals surface area contributed by atoms with E-state index < -0.39 is 0 Å². The van der Waals surface area contributed by atoms with Crippen molar-refractivity contribution >= 4 is 21.8 Å². The Hall–Kier alpha value is -1.76. The third kappa shape index (κ3) is 34.0. The van der Waals surface area contributed by atoms with Gasteiger partial charge in [-0.2, -0.15) is 0 Å². The van der Waals surface area contributed by atoms with Gasteiger partial charge in [0.2, 0.25) is 0 Å². The van der Waals surface area contributed by atoms with Gasteiger partial charge in [0.1, 0.15) is 0 Å². The molecule has 0 radical (unpaired) electrons. The molecule has 1 heterocycles. The van der Waals surface area contributed by atoms with Crippen molar-refractivity contribution in [2.24, 2.45) is 0 Å². The molecule has 0 aliphatic carbocycles. The molecule has 0 amide bonds. The predicted molar refractivity (Wildman–Crippen MR) is 380 cm³/mol. The largest absolute Gasteiger partial charge is 0.354 e. The summed E-state index contributed by atoms with van der Waals surface area (Å²) < 4.78 is 0. The molecule has 0 spiro atoms. The van der Waals surface area contributed by atoms with Gasteiger partial charge >= 0.3 is 0 Å². The lowest BCUT2D eigenvalue weighted by Gasteiger charge is -2.23. The molecule has 0 unspecified atom stereocenters. The van der Waals surface area contributed by atoms with Crippen molar-refractivity contribution < 1.29 is 0 Å². The highest BCUT2D eigenvalue weighted by molar-refractivity contribution is 6.13. The molecule has 1 N–H and O–H groups in total. The molecule has 3 aromatic rings. The maximum Gasteiger partial charge on any atom is 0.0503 e. The summed E-state index contributed by atoms with van der Waals surface area (Å²) in [6, 6.07) is 2.82. The highest BCUT2D eigenvalue weighted by atomic mass is 14.7. The van der Waals surface area contributed by atoms with Gasteiger partial charge in [0.05, 0.1) is 5.52 Å². The SMILES string of the molecule is CCCCCCCCCCc1cc2[nH]c3c(CCCCCCCCCC)c(CCCCCCCCCC)c(CCCCCCCCCC)c(CCCCCCCCCC)c3c2c(CCCCCCCCCC)c1CCCCCCCCCC. The Morgan fingerprint density at radius 2 is 0.398 bits per heavy atom. The lowest BCUT2D eigenvalue weighted by Crippen LogP contribution is -2.09. The number of aryl methyl sites for hydroxylation is 4. The topological polar surface area (TPSA) is 15.8 Å². The normalized spacial score (nSPS) is 11.9. The number of hydrogen-bond acceptors (Lipinski definition) is 0. The molecule has 0 fully saturated rings. The zero-order valence-corrected chi connectivity index (χ0v) is 58.1. The minimum atomic E-state index is 1.27. The molecule has 0 atom stereocenters. The van der Waals surface area contributed by atoms with E-state index in [4.69, 9.17) is 0 Å². The van der Waals surface area contributed by atoms with Crippen molar-refractivity contribution in [2.75, 3.05) is 0 Å². The summed E-state index contributed by atoms with van der Waals surface area (Å²) in [5.41, 5.74) is 16.0. The van der Waals surface area contributed by atoms with E-state index in [2.05, 4.69) is 59.5 Å². The van der Waals surface area contributed by atoms with E-state index in [0.29, 0.717) is 0 Å². The summed E-state index contributed by atoms with van der Waals surface area (Å²) >= 11 is 0. The van der Waals surface area contributed by atoms with Gasteiger partial charge in [0.25, 0.3) is 0 Å². The van der Waals surface area contributed by atoms with Crippen molar-refractivity contribution in [3.05, 3.63) is 45.0 Å². The van der Waals surface area contributed by atoms with Gasteiger partial charge in [-0.3, -0.25) is 0 Å². The molecule has 0 bridgehead atoms. The molecular formula is C82H149N. The lowest BCUT2D eigenvalue weighted by molar-refractivity contribution is 0.565. The van der Waals surface area contributed by atoms with Gasteiger partial charge in [-0.15, -0.1) is 0 Å². The van der Waals surface area contributed by atoms with E-state index in [9.17, 15) is 0 Å². The minimum absolute atomic E-state index is 1.27. The first-order valence-corrected chi connectivity index (χ1v) is 39.3. The Kier molecular flexibility index (Phi) is 49.5. The Morgan fingerprint density at radius 3 is 0.687 bits per heavy atom. The maximum atomic E-state index is 4.56. The highest BCUT2D eigenvalue weighted by Gasteiger charge is 2.26. The first-order chi connectivity index (χ1) is 41.1. The van der Waals surface area contributed by atoms with Crippen LogP contribution in [0.1, 0.15) is 447 Å². The summed E-state index contributed by atoms with van der Waals surface area (Å²) in [4.78, 5) is 4.56. The molecule has 1 heteroatoms. The molecule has 2 aromatic carbocycles. The minimum Gasteiger partial charge on any atom is -0.354 e. The summed E-state index contributed by atoms with van der Waals surface area (Å²) in [6.45, 7) is 16.6. The summed E-state index contributed by atoms with van der Waals surface area (Å²) in [5.74, 6) is 0. The van der Waals surface area contributed by atoms with E-state index in [1.54, 1.807) is 32.9 Å². The average molecular weight is 1150 g/mol. The fourth-order valence-electron chi connectivity index (χ4n) is 14.8. The van der Waals surface area contributed by atoms with E-state index in [0.717, 1.165) is 0 Å². The lowest BCUT2D eigenvalue weighted by atomic mass is 9.81. The van der Waals surface area contributed by atoms with Crippen LogP contribution >= 0.6 is 0 Å². The molecule has 0 saturated carbocycles. The first kappa shape index (κ1) is 75.5. The quantitative estimate of drug-likeness (QED) is 0.0542. The summed E-state index contributed by atoms with van der Waals surface area (Å²) in [7, 11) is 0. The molecule has 482 valence electrons. The van der Waals surface area contributed by atoms with Crippen molar-refractivity contribution in [1.29, 1.82) is 0 Å². The average Bonchev–Trinajstić information content (AvgIpc) is 1.85. The smallest absolute Gasteiger partial charge is 0.0503 e. The van der Waals surface area contributed by atoms with Gasteiger partial charge in [0.15, 0.2) is 0 Å². The van der Waals surface area contributed by atoms with Crippen molar-refractivity contribution in [3.8, 4) is 0 Å². The second kappa shape index (κ2) is 54.4. The number of aromatic nitrogens is 1. The Labute approximate surface area is 522 Å². The fraction of sp³-hybridized carbons (Fsp3) is 0.854. The molecule has 1 nitrogen and oxygen atoms in total. The van der Waals surface area contributed by atoms with Gasteiger partial charge in [-0.1, -0.05) is 363 Å². The van der Waals surface area contributed by atoms with Gasteiger partial charge in [0, 0.05) is 16.3 Å². The first-order valence-electron chi connectivity index (χ1n) is 39.3. The number of hydrogen-bond donors (Lipinski definition) is 1. The number of aromatic amines is 1. The van der Waals surface area contributed by atoms with E-state index in [1.165, 1.54) is 405 Å². The molecule has 0 aliphatic rings. The van der Waals surface area contributed by atoms with Crippen LogP contribution in [0.5, 0.6) is 0 Å². The third-order valence-corrected chi connectivity index (χ3v) is 20.1. The second-order valence-electron chi connectivity index (χ2n) is 27.8. The van der Waals surface area contributed by atoms with Crippen LogP contribution < -0.4 is 0 Å². The van der Waals surface area contributed by atoms with Crippen molar-refractivity contribution in [3.63, 3.8) is 0 Å². The zero-order valence-electron chi connectivity index (χ0n) is 58.1. The number of unbranched alkanes of at least 4 members (excludes halogenated alkanes) is 49. The van der Waals surface area contributed by atoms with Gasteiger partial charge in [-0.05, 0) is 135 Å². The van der Waals surface area contributed by atoms with Crippen LogP contribution in [-0.2, 0) is 44.9 Å². The monoisotopic (exact) mass is 1150 g/mol. The molecule has 1 aromatic heterocycles. The summed E-state index contributed by atoms with van der Waals surface area (Å²) in [5, 5.41) is 3.50. The zero-order chi connectivity index (χ0) is 59.3. The van der Waals surface area contributed by atoms with Gasteiger partial charge < -0.3 is 4.98 Å². The molecule has 3 rings (SSSR count). The van der Waals surface area contributed by atoms with Crippen LogP contribution in [-0.4, -0.2) is 4.98 Å². The Morgan fingerprint density at radius 1 is 0.193 bits per heavy atom. The van der Waals surface area contributed by atoms with Gasteiger partial charge in [-0.25, -0.2) is 0 Å². The van der Waals surface area contributed by atoms with E-state index >= 15 is 0 Å². The molecule has 0 aliphatic heterocycles.